The Labute approximate surface area is 435 Å². The van der Waals surface area contributed by atoms with Crippen LogP contribution in [0.2, 0.25) is 0 Å². The lowest BCUT2D eigenvalue weighted by atomic mass is 9.95. The zero-order valence-electron chi connectivity index (χ0n) is 43.3. The molecule has 11 N–H and O–H groups in total. The van der Waals surface area contributed by atoms with E-state index < -0.39 is 145 Å². The Bertz CT molecular complexity index is 2540. The number of aliphatic hydroxyl groups excluding tert-OH is 2. The number of fused-ring (bicyclic) bond motifs is 3. The van der Waals surface area contributed by atoms with Crippen LogP contribution in [0.5, 0.6) is 0 Å². The first-order valence-electron chi connectivity index (χ1n) is 25.4. The van der Waals surface area contributed by atoms with Crippen molar-refractivity contribution in [3.05, 3.63) is 71.9 Å². The van der Waals surface area contributed by atoms with E-state index in [1.165, 1.54) is 20.9 Å². The van der Waals surface area contributed by atoms with Gasteiger partial charge in [-0.1, -0.05) is 82.1 Å². The maximum atomic E-state index is 15.2. The molecule has 408 valence electrons. The molecule has 75 heavy (non-hydrogen) atoms. The van der Waals surface area contributed by atoms with E-state index in [0.29, 0.717) is 17.5 Å². The minimum atomic E-state index is -1.92. The molecule has 0 aliphatic carbocycles. The van der Waals surface area contributed by atoms with Crippen LogP contribution in [0.15, 0.2) is 60.8 Å². The molecule has 1 unspecified atom stereocenters. The predicted octanol–water partition coefficient (Wildman–Crippen LogP) is -0.542. The standard InChI is InChI=1S/C52H72N10O13/c1-7-8-10-19-40(65)55-27-41(66)58-44(29(4)63)48(70)60-45-30(5)75-52(74)43(28(2)3)59-47(69)37(25-32-26-54-34-18-14-13-17-33(32)34)61(6)51(73)38(24-31-15-11-9-12-16-31)62-42(67)23-21-36(50(62)72)57-46(68)35(56-49(45)71)20-22-39(53)64/h9,11-18,26,28-30,35-38,42-45,54,63,67H,7-8,10,19-25,27H2,1-6H3,(H2,53,64)(H,55,65)(H,56,71)(H,57,68)(H,58,66)(H,59,69)(H,60,70)/t29-,30-,35+,36+,37+,38+,42-,43?,44+,45+/m1/s1. The fourth-order valence-electron chi connectivity index (χ4n) is 9.08. The number of aromatic nitrogens is 1. The number of rotatable bonds is 18. The van der Waals surface area contributed by atoms with Gasteiger partial charge in [0, 0.05) is 49.8 Å². The summed E-state index contributed by atoms with van der Waals surface area (Å²) in [6.07, 6.45) is -2.15. The van der Waals surface area contributed by atoms with E-state index in [4.69, 9.17) is 10.5 Å². The van der Waals surface area contributed by atoms with Gasteiger partial charge in [-0.15, -0.1) is 0 Å². The SMILES string of the molecule is CCCCCC(=O)NCC(=O)N[C@H](C(=O)N[C@@H]1C(=O)N[C@@H](CCC(N)=O)C(=O)N[C@H]2CC[C@@H](O)N(C2=O)[C@@H](Cc2ccccc2)C(=O)N(C)[C@@H](Cc2c[nH]c3ccccc23)C(=O)NC(C(C)C)C(=O)O[C@@H]1C)[C@@H](C)O. The molecule has 2 fully saturated rings. The summed E-state index contributed by atoms with van der Waals surface area (Å²) < 4.78 is 5.86. The van der Waals surface area contributed by atoms with Crippen LogP contribution in [-0.4, -0.2) is 158 Å². The minimum absolute atomic E-state index is 0.116. The molecule has 0 spiro atoms. The van der Waals surface area contributed by atoms with Gasteiger partial charge in [0.15, 0.2) is 0 Å². The number of benzene rings is 2. The highest BCUT2D eigenvalue weighted by Gasteiger charge is 2.46. The Balaban J connectivity index is 1.58. The second-order valence-corrected chi connectivity index (χ2v) is 19.5. The number of cyclic esters (lactones) is 1. The lowest BCUT2D eigenvalue weighted by Crippen LogP contribution is -2.65. The number of nitrogens with two attached hydrogens (primary N) is 1. The Morgan fingerprint density at radius 2 is 1.52 bits per heavy atom. The molecular formula is C52H72N10O13. The fraction of sp³-hybridized carbons (Fsp3) is 0.538. The highest BCUT2D eigenvalue weighted by atomic mass is 16.5. The third-order valence-electron chi connectivity index (χ3n) is 13.4. The summed E-state index contributed by atoms with van der Waals surface area (Å²) in [7, 11) is 1.37. The second-order valence-electron chi connectivity index (χ2n) is 19.5. The Morgan fingerprint density at radius 1 is 0.827 bits per heavy atom. The zero-order chi connectivity index (χ0) is 55.1. The molecule has 2 saturated heterocycles. The van der Waals surface area contributed by atoms with Gasteiger partial charge in [-0.25, -0.2) is 4.79 Å². The first kappa shape index (κ1) is 58.5. The Hall–Kier alpha value is -7.40. The van der Waals surface area contributed by atoms with Crippen molar-refractivity contribution < 1.29 is 62.9 Å². The second kappa shape index (κ2) is 27.2. The number of ether oxygens (including phenoxy) is 1. The minimum Gasteiger partial charge on any atom is -0.458 e. The number of hydrogen-bond donors (Lipinski definition) is 10. The van der Waals surface area contributed by atoms with Gasteiger partial charge in [0.1, 0.15) is 54.6 Å². The average molecular weight is 1050 g/mol. The molecule has 10 atom stereocenters. The van der Waals surface area contributed by atoms with Gasteiger partial charge in [-0.2, -0.15) is 0 Å². The molecule has 0 radical (unpaired) electrons. The number of esters is 1. The quantitative estimate of drug-likeness (QED) is 0.0566. The first-order chi connectivity index (χ1) is 35.6. The maximum absolute atomic E-state index is 15.2. The normalized spacial score (nSPS) is 24.1. The summed E-state index contributed by atoms with van der Waals surface area (Å²) in [5.41, 5.74) is 7.41. The largest absolute Gasteiger partial charge is 0.458 e. The molecule has 3 aromatic rings. The third kappa shape index (κ3) is 15.8. The van der Waals surface area contributed by atoms with Crippen molar-refractivity contribution in [3.63, 3.8) is 0 Å². The van der Waals surface area contributed by atoms with E-state index in [0.717, 1.165) is 33.5 Å². The lowest BCUT2D eigenvalue weighted by molar-refractivity contribution is -0.165. The molecule has 0 saturated carbocycles. The van der Waals surface area contributed by atoms with E-state index in [1.807, 2.05) is 25.1 Å². The number of carbonyl (C=O) groups is 10. The predicted molar refractivity (Wildman–Crippen MR) is 272 cm³/mol. The summed E-state index contributed by atoms with van der Waals surface area (Å²) in [6, 6.07) is 4.85. The molecule has 23 nitrogen and oxygen atoms in total. The van der Waals surface area contributed by atoms with Crippen molar-refractivity contribution in [2.45, 2.75) is 160 Å². The summed E-state index contributed by atoms with van der Waals surface area (Å²) in [5.74, 6) is -9.76. The van der Waals surface area contributed by atoms with Crippen molar-refractivity contribution >= 4 is 70.0 Å². The molecular weight excluding hydrogens is 973 g/mol. The highest BCUT2D eigenvalue weighted by Crippen LogP contribution is 2.27. The molecule has 2 aromatic carbocycles. The summed E-state index contributed by atoms with van der Waals surface area (Å²) in [6.45, 7) is 7.01. The monoisotopic (exact) mass is 1040 g/mol. The van der Waals surface area contributed by atoms with Crippen LogP contribution in [0.1, 0.15) is 97.1 Å². The topological polar surface area (TPSA) is 341 Å². The fourth-order valence-corrected chi connectivity index (χ4v) is 9.08. The van der Waals surface area contributed by atoms with Gasteiger partial charge in [-0.3, -0.25) is 43.2 Å². The number of carbonyl (C=O) groups excluding carboxylic acids is 10. The van der Waals surface area contributed by atoms with Crippen molar-refractivity contribution in [1.82, 2.24) is 46.7 Å². The first-order valence-corrected chi connectivity index (χ1v) is 25.4. The van der Waals surface area contributed by atoms with E-state index >= 15 is 4.79 Å². The summed E-state index contributed by atoms with van der Waals surface area (Å²) in [4.78, 5) is 145. The maximum Gasteiger partial charge on any atom is 0.329 e. The van der Waals surface area contributed by atoms with E-state index in [1.54, 1.807) is 56.4 Å². The highest BCUT2D eigenvalue weighted by molar-refractivity contribution is 5.99. The number of aliphatic hydroxyl groups is 2. The lowest BCUT2D eigenvalue weighted by Gasteiger charge is -2.43. The van der Waals surface area contributed by atoms with Gasteiger partial charge in [0.2, 0.25) is 53.2 Å². The molecule has 9 amide bonds. The number of aromatic amines is 1. The number of nitrogens with one attached hydrogen (secondary N) is 7. The van der Waals surface area contributed by atoms with Crippen LogP contribution >= 0.6 is 0 Å². The van der Waals surface area contributed by atoms with Crippen molar-refractivity contribution in [2.24, 2.45) is 11.7 Å². The number of likely N-dealkylation sites (N-methyl/N-ethyl adjacent to an activating group) is 1. The summed E-state index contributed by atoms with van der Waals surface area (Å²) >= 11 is 0. The molecule has 5 rings (SSSR count). The number of primary amides is 1. The molecule has 3 heterocycles. The van der Waals surface area contributed by atoms with Crippen LogP contribution in [0.4, 0.5) is 0 Å². The van der Waals surface area contributed by atoms with Gasteiger partial charge >= 0.3 is 5.97 Å². The Kier molecular flexibility index (Phi) is 21.2. The third-order valence-corrected chi connectivity index (χ3v) is 13.4. The van der Waals surface area contributed by atoms with Crippen LogP contribution in [0.3, 0.4) is 0 Å². The molecule has 1 aromatic heterocycles. The number of unbranched alkanes of at least 4 members (excludes halogenated alkanes) is 2. The zero-order valence-corrected chi connectivity index (χ0v) is 43.3. The molecule has 2 aliphatic rings. The van der Waals surface area contributed by atoms with Crippen LogP contribution in [0, 0.1) is 5.92 Å². The number of hydrogen-bond acceptors (Lipinski definition) is 13. The molecule has 23 heteroatoms. The smallest absolute Gasteiger partial charge is 0.329 e. The van der Waals surface area contributed by atoms with Gasteiger partial charge in [0.05, 0.1) is 12.6 Å². The van der Waals surface area contributed by atoms with Crippen LogP contribution in [0.25, 0.3) is 10.9 Å². The summed E-state index contributed by atoms with van der Waals surface area (Å²) in [5, 5.41) is 38.1. The van der Waals surface area contributed by atoms with Crippen molar-refractivity contribution in [3.8, 4) is 0 Å². The molecule has 2 aliphatic heterocycles. The van der Waals surface area contributed by atoms with Gasteiger partial charge in [-0.05, 0) is 62.6 Å². The van der Waals surface area contributed by atoms with E-state index in [-0.39, 0.29) is 32.1 Å². The average Bonchev–Trinajstić information content (AvgIpc) is 3.78. The van der Waals surface area contributed by atoms with Gasteiger partial charge in [0.25, 0.3) is 0 Å². The van der Waals surface area contributed by atoms with Crippen LogP contribution < -0.4 is 37.6 Å². The van der Waals surface area contributed by atoms with Crippen molar-refractivity contribution in [2.75, 3.05) is 13.6 Å². The van der Waals surface area contributed by atoms with E-state index in [9.17, 15) is 53.4 Å². The van der Waals surface area contributed by atoms with E-state index in [2.05, 4.69) is 36.9 Å². The number of piperidine rings is 1. The van der Waals surface area contributed by atoms with Gasteiger partial charge < -0.3 is 67.4 Å². The number of H-pyrrole nitrogens is 1. The Morgan fingerprint density at radius 3 is 2.19 bits per heavy atom. The van der Waals surface area contributed by atoms with Crippen LogP contribution in [-0.2, 0) is 65.5 Å². The molecule has 2 bridgehead atoms. The van der Waals surface area contributed by atoms with Crippen molar-refractivity contribution in [1.29, 1.82) is 0 Å². The number of amides is 9. The number of para-hydroxylation sites is 1. The number of nitrogens with zero attached hydrogens (tertiary/aromatic N) is 2.